The van der Waals surface area contributed by atoms with E-state index in [1.807, 2.05) is 18.2 Å². The molecule has 2 aromatic carbocycles. The van der Waals surface area contributed by atoms with Gasteiger partial charge in [-0.15, -0.1) is 0 Å². The Morgan fingerprint density at radius 3 is 2.79 bits per heavy atom. The summed E-state index contributed by atoms with van der Waals surface area (Å²) in [7, 11) is 0. The van der Waals surface area contributed by atoms with Gasteiger partial charge in [0.1, 0.15) is 6.29 Å². The molecule has 3 rings (SSSR count). The van der Waals surface area contributed by atoms with E-state index in [0.717, 1.165) is 34.8 Å². The lowest BCUT2D eigenvalue weighted by Crippen LogP contribution is -2.08. The summed E-state index contributed by atoms with van der Waals surface area (Å²) in [6, 6.07) is 12.4. The zero-order valence-corrected chi connectivity index (χ0v) is 15.3. The van der Waals surface area contributed by atoms with Crippen LogP contribution in [0.4, 0.5) is 11.4 Å². The summed E-state index contributed by atoms with van der Waals surface area (Å²) in [5.74, 6) is 0.752. The minimum absolute atomic E-state index is 0.730. The topological polar surface area (TPSA) is 29.1 Å². The van der Waals surface area contributed by atoms with Crippen molar-refractivity contribution in [3.8, 4) is 0 Å². The Hall–Kier alpha value is -1.74. The van der Waals surface area contributed by atoms with E-state index < -0.39 is 0 Å². The predicted octanol–water partition coefficient (Wildman–Crippen LogP) is 6.47. The second-order valence-electron chi connectivity index (χ2n) is 6.51. The van der Waals surface area contributed by atoms with Crippen LogP contribution in [0.25, 0.3) is 0 Å². The molecule has 0 amide bonds. The van der Waals surface area contributed by atoms with Crippen LogP contribution < -0.4 is 5.32 Å². The van der Waals surface area contributed by atoms with E-state index in [0.29, 0.717) is 0 Å². The molecule has 1 aliphatic rings. The van der Waals surface area contributed by atoms with Crippen LogP contribution in [0.2, 0.25) is 0 Å². The first-order valence-corrected chi connectivity index (χ1v) is 9.72. The molecular formula is C21H25NOS. The Morgan fingerprint density at radius 2 is 2.04 bits per heavy atom. The van der Waals surface area contributed by atoms with E-state index in [2.05, 4.69) is 37.4 Å². The first kappa shape index (κ1) is 17.1. The molecule has 1 N–H and O–H groups in total. The van der Waals surface area contributed by atoms with Gasteiger partial charge in [-0.05, 0) is 42.2 Å². The number of aldehydes is 1. The third-order valence-corrected chi connectivity index (χ3v) is 5.90. The predicted molar refractivity (Wildman–Crippen MR) is 103 cm³/mol. The van der Waals surface area contributed by atoms with Crippen LogP contribution >= 0.6 is 11.8 Å². The highest BCUT2D eigenvalue weighted by Crippen LogP contribution is 2.46. The molecule has 1 unspecified atom stereocenters. The van der Waals surface area contributed by atoms with Crippen molar-refractivity contribution >= 4 is 29.4 Å². The molecule has 2 aromatic rings. The Labute approximate surface area is 149 Å². The molecule has 1 aliphatic heterocycles. The summed E-state index contributed by atoms with van der Waals surface area (Å²) in [4.78, 5) is 13.4. The number of para-hydroxylation sites is 1. The van der Waals surface area contributed by atoms with Crippen LogP contribution in [-0.2, 0) is 6.42 Å². The number of hydrogen-bond donors (Lipinski definition) is 1. The second-order valence-corrected chi connectivity index (χ2v) is 7.60. The molecule has 0 saturated heterocycles. The molecule has 0 aromatic heterocycles. The van der Waals surface area contributed by atoms with Gasteiger partial charge in [-0.3, -0.25) is 4.79 Å². The minimum Gasteiger partial charge on any atom is -0.353 e. The van der Waals surface area contributed by atoms with Crippen molar-refractivity contribution in [1.82, 2.24) is 0 Å². The van der Waals surface area contributed by atoms with Crippen molar-refractivity contribution in [2.24, 2.45) is 5.92 Å². The quantitative estimate of drug-likeness (QED) is 0.500. The van der Waals surface area contributed by atoms with Crippen molar-refractivity contribution < 1.29 is 4.79 Å². The SMILES string of the molecule is CCCCC(CC)Cc1cccc2c1Nc1ccc(C=O)cc1S2. The van der Waals surface area contributed by atoms with E-state index in [-0.39, 0.29) is 0 Å². The van der Waals surface area contributed by atoms with E-state index in [4.69, 9.17) is 0 Å². The minimum atomic E-state index is 0.730. The van der Waals surface area contributed by atoms with Gasteiger partial charge >= 0.3 is 0 Å². The molecule has 3 heteroatoms. The molecule has 2 nitrogen and oxygen atoms in total. The van der Waals surface area contributed by atoms with Gasteiger partial charge in [0.05, 0.1) is 11.4 Å². The van der Waals surface area contributed by atoms with Gasteiger partial charge in [0, 0.05) is 15.4 Å². The average Bonchev–Trinajstić information content (AvgIpc) is 2.63. The first-order chi connectivity index (χ1) is 11.7. The van der Waals surface area contributed by atoms with E-state index >= 15 is 0 Å². The van der Waals surface area contributed by atoms with Gasteiger partial charge in [-0.1, -0.05) is 63.4 Å². The molecular weight excluding hydrogens is 314 g/mol. The maximum Gasteiger partial charge on any atom is 0.150 e. The first-order valence-electron chi connectivity index (χ1n) is 8.91. The average molecular weight is 340 g/mol. The molecule has 0 radical (unpaired) electrons. The molecule has 1 atom stereocenters. The van der Waals surface area contributed by atoms with Crippen molar-refractivity contribution in [3.05, 3.63) is 47.5 Å². The van der Waals surface area contributed by atoms with Crippen LogP contribution in [0, 0.1) is 5.92 Å². The highest BCUT2D eigenvalue weighted by Gasteiger charge is 2.20. The molecule has 0 saturated carbocycles. The third-order valence-electron chi connectivity index (χ3n) is 4.79. The van der Waals surface area contributed by atoms with Crippen LogP contribution in [0.15, 0.2) is 46.2 Å². The molecule has 0 spiro atoms. The number of carbonyl (C=O) groups excluding carboxylic acids is 1. The largest absolute Gasteiger partial charge is 0.353 e. The van der Waals surface area contributed by atoms with Crippen LogP contribution in [0.5, 0.6) is 0 Å². The lowest BCUT2D eigenvalue weighted by atomic mass is 9.91. The van der Waals surface area contributed by atoms with Gasteiger partial charge in [0.2, 0.25) is 0 Å². The van der Waals surface area contributed by atoms with Crippen molar-refractivity contribution in [3.63, 3.8) is 0 Å². The summed E-state index contributed by atoms with van der Waals surface area (Å²) >= 11 is 1.76. The van der Waals surface area contributed by atoms with Gasteiger partial charge in [-0.25, -0.2) is 0 Å². The Balaban J connectivity index is 1.85. The summed E-state index contributed by atoms with van der Waals surface area (Å²) < 4.78 is 0. The number of unbranched alkanes of at least 4 members (excludes halogenated alkanes) is 1. The fourth-order valence-electron chi connectivity index (χ4n) is 3.28. The van der Waals surface area contributed by atoms with E-state index in [1.54, 1.807) is 11.8 Å². The fourth-order valence-corrected chi connectivity index (χ4v) is 4.37. The molecule has 24 heavy (non-hydrogen) atoms. The maximum absolute atomic E-state index is 11.0. The summed E-state index contributed by atoms with van der Waals surface area (Å²) in [5.41, 5.74) is 4.50. The summed E-state index contributed by atoms with van der Waals surface area (Å²) in [6.45, 7) is 4.56. The van der Waals surface area contributed by atoms with Crippen LogP contribution in [0.3, 0.4) is 0 Å². The number of carbonyl (C=O) groups is 1. The van der Waals surface area contributed by atoms with Gasteiger partial charge in [0.25, 0.3) is 0 Å². The number of nitrogens with one attached hydrogen (secondary N) is 1. The number of anilines is 2. The molecule has 0 aliphatic carbocycles. The lowest BCUT2D eigenvalue weighted by molar-refractivity contribution is 0.112. The van der Waals surface area contributed by atoms with Crippen LogP contribution in [0.1, 0.15) is 55.5 Å². The lowest BCUT2D eigenvalue weighted by Gasteiger charge is -2.25. The number of benzene rings is 2. The van der Waals surface area contributed by atoms with Gasteiger partial charge in [-0.2, -0.15) is 0 Å². The molecule has 0 bridgehead atoms. The van der Waals surface area contributed by atoms with Gasteiger partial charge in [0.15, 0.2) is 0 Å². The van der Waals surface area contributed by atoms with Crippen molar-refractivity contribution in [2.45, 2.75) is 55.7 Å². The summed E-state index contributed by atoms with van der Waals surface area (Å²) in [6.07, 6.45) is 7.16. The Bertz CT molecular complexity index is 726. The normalized spacial score (nSPS) is 13.6. The Kier molecular flexibility index (Phi) is 5.62. The number of hydrogen-bond acceptors (Lipinski definition) is 3. The standard InChI is InChI=1S/C21H25NOS/c1-3-5-7-15(4-2)12-17-8-6-9-19-21(17)22-18-11-10-16(14-23)13-20(18)24-19/h6,8-11,13-15,22H,3-5,7,12H2,1-2H3. The molecule has 1 heterocycles. The highest BCUT2D eigenvalue weighted by molar-refractivity contribution is 7.99. The van der Waals surface area contributed by atoms with Crippen LogP contribution in [-0.4, -0.2) is 6.29 Å². The monoisotopic (exact) mass is 339 g/mol. The molecule has 0 fully saturated rings. The van der Waals surface area contributed by atoms with Crippen molar-refractivity contribution in [2.75, 3.05) is 5.32 Å². The zero-order valence-electron chi connectivity index (χ0n) is 14.5. The number of fused-ring (bicyclic) bond motifs is 2. The van der Waals surface area contributed by atoms with E-state index in [9.17, 15) is 4.79 Å². The number of rotatable bonds is 7. The zero-order chi connectivity index (χ0) is 16.9. The third kappa shape index (κ3) is 3.67. The Morgan fingerprint density at radius 1 is 1.17 bits per heavy atom. The highest BCUT2D eigenvalue weighted by atomic mass is 32.2. The molecule has 126 valence electrons. The second kappa shape index (κ2) is 7.89. The maximum atomic E-state index is 11.0. The van der Waals surface area contributed by atoms with Crippen molar-refractivity contribution in [1.29, 1.82) is 0 Å². The van der Waals surface area contributed by atoms with E-state index in [1.165, 1.54) is 41.8 Å². The summed E-state index contributed by atoms with van der Waals surface area (Å²) in [5, 5.41) is 3.61. The smallest absolute Gasteiger partial charge is 0.150 e. The van der Waals surface area contributed by atoms with Gasteiger partial charge < -0.3 is 5.32 Å². The fraction of sp³-hybridized carbons (Fsp3) is 0.381.